The number of nitrogens with one attached hydrogen (secondary N) is 1. The molecular weight excluding hydrogens is 275 g/mol. The quantitative estimate of drug-likeness (QED) is 0.828. The van der Waals surface area contributed by atoms with Gasteiger partial charge in [0.15, 0.2) is 5.69 Å². The minimum absolute atomic E-state index is 0.192. The number of methoxy groups -OCH3 is 1. The number of fused-ring (bicyclic) bond motifs is 1. The van der Waals surface area contributed by atoms with Gasteiger partial charge in [0.1, 0.15) is 6.54 Å². The van der Waals surface area contributed by atoms with Crippen LogP contribution in [0.1, 0.15) is 23.4 Å². The van der Waals surface area contributed by atoms with Crippen LogP contribution < -0.4 is 5.32 Å². The van der Waals surface area contributed by atoms with Crippen molar-refractivity contribution in [3.8, 4) is 0 Å². The summed E-state index contributed by atoms with van der Waals surface area (Å²) in [6.45, 7) is 0.490. The number of ether oxygens (including phenoxy) is 1. The molecule has 1 amide bonds. The summed E-state index contributed by atoms with van der Waals surface area (Å²) in [5.41, 5.74) is -0.0869. The third kappa shape index (κ3) is 3.12. The minimum atomic E-state index is -4.47. The molecule has 0 saturated heterocycles. The Hall–Kier alpha value is -1.57. The average molecular weight is 291 g/mol. The maximum Gasteiger partial charge on any atom is 0.435 e. The van der Waals surface area contributed by atoms with Gasteiger partial charge in [-0.05, 0) is 19.3 Å². The molecule has 1 heterocycles. The lowest BCUT2D eigenvalue weighted by Gasteiger charge is -2.07. The van der Waals surface area contributed by atoms with Gasteiger partial charge in [0.25, 0.3) is 0 Å². The Morgan fingerprint density at radius 1 is 1.45 bits per heavy atom. The van der Waals surface area contributed by atoms with E-state index in [-0.39, 0.29) is 18.0 Å². The highest BCUT2D eigenvalue weighted by Crippen LogP contribution is 2.36. The standard InChI is InChI=1S/C12H16F3N3O2/c1-20-6-5-16-10(19)7-18-9-4-2-3-8(9)11(17-18)12(13,14)15/h2-7H2,1H3,(H,16,19). The van der Waals surface area contributed by atoms with E-state index in [1.807, 2.05) is 0 Å². The van der Waals surface area contributed by atoms with E-state index >= 15 is 0 Å². The Bertz CT molecular complexity index is 497. The van der Waals surface area contributed by atoms with Crippen LogP contribution in [0.2, 0.25) is 0 Å². The summed E-state index contributed by atoms with van der Waals surface area (Å²) in [6, 6.07) is 0. The lowest BCUT2D eigenvalue weighted by atomic mass is 10.2. The van der Waals surface area contributed by atoms with Crippen molar-refractivity contribution in [1.29, 1.82) is 0 Å². The lowest BCUT2D eigenvalue weighted by Crippen LogP contribution is -2.31. The number of rotatable bonds is 5. The Morgan fingerprint density at radius 3 is 2.85 bits per heavy atom. The summed E-state index contributed by atoms with van der Waals surface area (Å²) in [6.07, 6.45) is -2.90. The highest BCUT2D eigenvalue weighted by atomic mass is 19.4. The number of hydrogen-bond donors (Lipinski definition) is 1. The van der Waals surface area contributed by atoms with Crippen molar-refractivity contribution in [2.45, 2.75) is 32.0 Å². The molecule has 1 aliphatic carbocycles. The van der Waals surface area contributed by atoms with Gasteiger partial charge in [0, 0.05) is 24.9 Å². The van der Waals surface area contributed by atoms with E-state index in [4.69, 9.17) is 4.74 Å². The van der Waals surface area contributed by atoms with Gasteiger partial charge in [-0.2, -0.15) is 18.3 Å². The second-order valence-electron chi connectivity index (χ2n) is 4.63. The Balaban J connectivity index is 2.11. The molecule has 2 rings (SSSR count). The topological polar surface area (TPSA) is 56.1 Å². The lowest BCUT2D eigenvalue weighted by molar-refractivity contribution is -0.142. The van der Waals surface area contributed by atoms with Crippen LogP contribution >= 0.6 is 0 Å². The molecule has 0 unspecified atom stereocenters. The fourth-order valence-corrected chi connectivity index (χ4v) is 2.35. The summed E-state index contributed by atoms with van der Waals surface area (Å²) >= 11 is 0. The van der Waals surface area contributed by atoms with Crippen molar-refractivity contribution in [2.75, 3.05) is 20.3 Å². The third-order valence-corrected chi connectivity index (χ3v) is 3.20. The van der Waals surface area contributed by atoms with E-state index in [1.54, 1.807) is 0 Å². The van der Waals surface area contributed by atoms with Gasteiger partial charge in [0.2, 0.25) is 5.91 Å². The summed E-state index contributed by atoms with van der Waals surface area (Å²) in [5.74, 6) is -0.368. The first-order valence-electron chi connectivity index (χ1n) is 6.35. The smallest absolute Gasteiger partial charge is 0.383 e. The molecule has 0 spiro atoms. The van der Waals surface area contributed by atoms with E-state index in [0.717, 1.165) is 0 Å². The Kier molecular flexibility index (Phi) is 4.32. The van der Waals surface area contributed by atoms with Gasteiger partial charge in [-0.3, -0.25) is 9.48 Å². The fourth-order valence-electron chi connectivity index (χ4n) is 2.35. The first kappa shape index (κ1) is 14.8. The van der Waals surface area contributed by atoms with Gasteiger partial charge < -0.3 is 10.1 Å². The SMILES string of the molecule is COCCNC(=O)Cn1nc(C(F)(F)F)c2c1CCC2. The van der Waals surface area contributed by atoms with Crippen molar-refractivity contribution in [3.63, 3.8) is 0 Å². The van der Waals surface area contributed by atoms with Gasteiger partial charge in [-0.15, -0.1) is 0 Å². The molecule has 0 aliphatic heterocycles. The number of aromatic nitrogens is 2. The number of alkyl halides is 3. The van der Waals surface area contributed by atoms with E-state index in [2.05, 4.69) is 10.4 Å². The summed E-state index contributed by atoms with van der Waals surface area (Å²) < 4.78 is 44.5. The zero-order valence-electron chi connectivity index (χ0n) is 11.1. The van der Waals surface area contributed by atoms with Crippen LogP contribution in [-0.4, -0.2) is 35.9 Å². The van der Waals surface area contributed by atoms with E-state index < -0.39 is 11.9 Å². The molecule has 0 radical (unpaired) electrons. The predicted octanol–water partition coefficient (Wildman–Crippen LogP) is 1.15. The number of amides is 1. The van der Waals surface area contributed by atoms with Crippen LogP contribution in [0.25, 0.3) is 0 Å². The average Bonchev–Trinajstić information content (AvgIpc) is 2.92. The fraction of sp³-hybridized carbons (Fsp3) is 0.667. The molecule has 8 heteroatoms. The van der Waals surface area contributed by atoms with Crippen molar-refractivity contribution in [3.05, 3.63) is 17.0 Å². The van der Waals surface area contributed by atoms with Crippen LogP contribution in [0, 0.1) is 0 Å². The van der Waals surface area contributed by atoms with Gasteiger partial charge in [0.05, 0.1) is 6.61 Å². The van der Waals surface area contributed by atoms with Crippen molar-refractivity contribution in [1.82, 2.24) is 15.1 Å². The highest BCUT2D eigenvalue weighted by molar-refractivity contribution is 5.75. The molecule has 1 aromatic rings. The van der Waals surface area contributed by atoms with Crippen LogP contribution in [0.15, 0.2) is 0 Å². The zero-order chi connectivity index (χ0) is 14.8. The molecule has 1 aromatic heterocycles. The highest BCUT2D eigenvalue weighted by Gasteiger charge is 2.40. The molecular formula is C12H16F3N3O2. The van der Waals surface area contributed by atoms with Crippen LogP contribution in [0.5, 0.6) is 0 Å². The largest absolute Gasteiger partial charge is 0.435 e. The second-order valence-corrected chi connectivity index (χ2v) is 4.63. The van der Waals surface area contributed by atoms with E-state index in [9.17, 15) is 18.0 Å². The number of hydrogen-bond acceptors (Lipinski definition) is 3. The molecule has 0 saturated carbocycles. The van der Waals surface area contributed by atoms with E-state index in [0.29, 0.717) is 38.1 Å². The van der Waals surface area contributed by atoms with Gasteiger partial charge in [-0.1, -0.05) is 0 Å². The summed E-state index contributed by atoms with van der Waals surface area (Å²) in [5, 5.41) is 6.14. The first-order chi connectivity index (χ1) is 9.43. The number of carbonyl (C=O) groups is 1. The number of carbonyl (C=O) groups excluding carboxylic acids is 1. The predicted molar refractivity (Wildman–Crippen MR) is 64.1 cm³/mol. The number of nitrogens with zero attached hydrogens (tertiary/aromatic N) is 2. The van der Waals surface area contributed by atoms with Crippen molar-refractivity contribution >= 4 is 5.91 Å². The van der Waals surface area contributed by atoms with Crippen LogP contribution in [-0.2, 0) is 35.1 Å². The van der Waals surface area contributed by atoms with Crippen LogP contribution in [0.4, 0.5) is 13.2 Å². The van der Waals surface area contributed by atoms with Gasteiger partial charge in [-0.25, -0.2) is 0 Å². The first-order valence-corrected chi connectivity index (χ1v) is 6.35. The molecule has 1 aliphatic rings. The normalized spacial score (nSPS) is 14.4. The van der Waals surface area contributed by atoms with Gasteiger partial charge >= 0.3 is 6.18 Å². The second kappa shape index (κ2) is 5.82. The monoisotopic (exact) mass is 291 g/mol. The maximum atomic E-state index is 12.8. The van der Waals surface area contributed by atoms with Crippen LogP contribution in [0.3, 0.4) is 0 Å². The summed E-state index contributed by atoms with van der Waals surface area (Å²) in [4.78, 5) is 11.6. The third-order valence-electron chi connectivity index (χ3n) is 3.20. The minimum Gasteiger partial charge on any atom is -0.383 e. The molecule has 5 nitrogen and oxygen atoms in total. The van der Waals surface area contributed by atoms with Crippen molar-refractivity contribution in [2.24, 2.45) is 0 Å². The molecule has 112 valence electrons. The zero-order valence-corrected chi connectivity index (χ0v) is 11.1. The molecule has 0 fully saturated rings. The van der Waals surface area contributed by atoms with Crippen molar-refractivity contribution < 1.29 is 22.7 Å². The van der Waals surface area contributed by atoms with E-state index in [1.165, 1.54) is 11.8 Å². The Labute approximate surface area is 114 Å². The molecule has 0 aromatic carbocycles. The maximum absolute atomic E-state index is 12.8. The summed E-state index contributed by atoms with van der Waals surface area (Å²) in [7, 11) is 1.50. The molecule has 20 heavy (non-hydrogen) atoms. The number of halogens is 3. The molecule has 0 atom stereocenters. The Morgan fingerprint density at radius 2 is 2.20 bits per heavy atom. The molecule has 0 bridgehead atoms. The molecule has 1 N–H and O–H groups in total.